The summed E-state index contributed by atoms with van der Waals surface area (Å²) in [6, 6.07) is 12.8. The van der Waals surface area contributed by atoms with Crippen molar-refractivity contribution in [2.24, 2.45) is 0 Å². The number of carbonyl (C=O) groups is 1. The third kappa shape index (κ3) is 2.89. The number of hydrogen-bond donors (Lipinski definition) is 1. The number of hydrogen-bond acceptors (Lipinski definition) is 4. The van der Waals surface area contributed by atoms with E-state index < -0.39 is 0 Å². The molecule has 2 aliphatic heterocycles. The van der Waals surface area contributed by atoms with Crippen LogP contribution in [0, 0.1) is 0 Å². The summed E-state index contributed by atoms with van der Waals surface area (Å²) in [5.41, 5.74) is 2.11. The molecule has 1 saturated heterocycles. The predicted molar refractivity (Wildman–Crippen MR) is 88.3 cm³/mol. The molecule has 124 valence electrons. The zero-order chi connectivity index (χ0) is 16.5. The van der Waals surface area contributed by atoms with E-state index in [9.17, 15) is 9.90 Å². The highest BCUT2D eigenvalue weighted by Gasteiger charge is 2.28. The van der Waals surface area contributed by atoms with Gasteiger partial charge in [-0.3, -0.25) is 4.79 Å². The van der Waals surface area contributed by atoms with Gasteiger partial charge in [-0.25, -0.2) is 0 Å². The van der Waals surface area contributed by atoms with E-state index >= 15 is 0 Å². The van der Waals surface area contributed by atoms with Crippen LogP contribution in [0.3, 0.4) is 0 Å². The summed E-state index contributed by atoms with van der Waals surface area (Å²) in [7, 11) is 0. The molecule has 0 aliphatic carbocycles. The second-order valence-corrected chi connectivity index (χ2v) is 6.28. The second-order valence-electron chi connectivity index (χ2n) is 6.28. The number of nitrogens with zero attached hydrogens (tertiary/aromatic N) is 1. The molecule has 24 heavy (non-hydrogen) atoms. The summed E-state index contributed by atoms with van der Waals surface area (Å²) in [5.74, 6) is 2.26. The average molecular weight is 325 g/mol. The fourth-order valence-electron chi connectivity index (χ4n) is 3.33. The van der Waals surface area contributed by atoms with Crippen molar-refractivity contribution in [1.82, 2.24) is 4.90 Å². The Kier molecular flexibility index (Phi) is 3.76. The van der Waals surface area contributed by atoms with Crippen LogP contribution in [-0.4, -0.2) is 35.8 Å². The topological polar surface area (TPSA) is 59.0 Å². The summed E-state index contributed by atoms with van der Waals surface area (Å²) in [4.78, 5) is 14.4. The van der Waals surface area contributed by atoms with Gasteiger partial charge in [0.1, 0.15) is 5.75 Å². The Hall–Kier alpha value is -2.69. The zero-order valence-corrected chi connectivity index (χ0v) is 13.3. The van der Waals surface area contributed by atoms with Crippen molar-refractivity contribution in [3.8, 4) is 17.2 Å². The lowest BCUT2D eigenvalue weighted by atomic mass is 9.98. The SMILES string of the molecule is O=C(Cc1ccc(O)cc1)N1CCC(c2ccc3c(c2)OCO3)C1. The van der Waals surface area contributed by atoms with Crippen LogP contribution in [0.25, 0.3) is 0 Å². The molecule has 0 spiro atoms. The van der Waals surface area contributed by atoms with Crippen LogP contribution in [0.15, 0.2) is 42.5 Å². The van der Waals surface area contributed by atoms with Crippen LogP contribution >= 0.6 is 0 Å². The highest BCUT2D eigenvalue weighted by atomic mass is 16.7. The van der Waals surface area contributed by atoms with E-state index in [1.54, 1.807) is 24.3 Å². The number of carbonyl (C=O) groups excluding carboxylic acids is 1. The molecule has 1 unspecified atom stereocenters. The molecule has 5 heteroatoms. The van der Waals surface area contributed by atoms with Gasteiger partial charge in [0, 0.05) is 19.0 Å². The second kappa shape index (κ2) is 6.07. The molecule has 5 nitrogen and oxygen atoms in total. The van der Waals surface area contributed by atoms with Gasteiger partial charge in [-0.1, -0.05) is 18.2 Å². The number of benzene rings is 2. The standard InChI is InChI=1S/C19H19NO4/c21-16-4-1-13(2-5-16)9-19(22)20-8-7-15(11-20)14-3-6-17-18(10-14)24-12-23-17/h1-6,10,15,21H,7-9,11-12H2. The van der Waals surface area contributed by atoms with Crippen molar-refractivity contribution in [2.45, 2.75) is 18.8 Å². The molecule has 0 bridgehead atoms. The Bertz CT molecular complexity index is 756. The minimum Gasteiger partial charge on any atom is -0.508 e. The Morgan fingerprint density at radius 1 is 1.12 bits per heavy atom. The minimum absolute atomic E-state index is 0.129. The number of aromatic hydroxyl groups is 1. The van der Waals surface area contributed by atoms with Crippen LogP contribution in [-0.2, 0) is 11.2 Å². The fraction of sp³-hybridized carbons (Fsp3) is 0.316. The normalized spacial score (nSPS) is 18.8. The van der Waals surface area contributed by atoms with E-state index in [1.165, 1.54) is 5.56 Å². The third-order valence-electron chi connectivity index (χ3n) is 4.70. The largest absolute Gasteiger partial charge is 0.508 e. The summed E-state index contributed by atoms with van der Waals surface area (Å²) in [6.07, 6.45) is 1.33. The van der Waals surface area contributed by atoms with Gasteiger partial charge in [-0.05, 0) is 41.8 Å². The van der Waals surface area contributed by atoms with Gasteiger partial charge in [0.25, 0.3) is 0 Å². The molecular formula is C19H19NO4. The predicted octanol–water partition coefficient (Wildman–Crippen LogP) is 2.68. The molecule has 2 aromatic carbocycles. The maximum absolute atomic E-state index is 12.5. The molecule has 2 heterocycles. The molecule has 1 atom stereocenters. The van der Waals surface area contributed by atoms with Crippen molar-refractivity contribution in [1.29, 1.82) is 0 Å². The highest BCUT2D eigenvalue weighted by Crippen LogP contribution is 2.37. The Balaban J connectivity index is 1.40. The van der Waals surface area contributed by atoms with Crippen LogP contribution in [0.5, 0.6) is 17.2 Å². The van der Waals surface area contributed by atoms with Crippen LogP contribution in [0.4, 0.5) is 0 Å². The van der Waals surface area contributed by atoms with Crippen molar-refractivity contribution < 1.29 is 19.4 Å². The van der Waals surface area contributed by atoms with Gasteiger partial charge in [-0.2, -0.15) is 0 Å². The van der Waals surface area contributed by atoms with Gasteiger partial charge in [0.15, 0.2) is 11.5 Å². The molecule has 4 rings (SSSR count). The van der Waals surface area contributed by atoms with Gasteiger partial charge in [0.05, 0.1) is 6.42 Å². The smallest absolute Gasteiger partial charge is 0.231 e. The van der Waals surface area contributed by atoms with Crippen LogP contribution in [0.1, 0.15) is 23.5 Å². The number of amides is 1. The Labute approximate surface area is 140 Å². The molecule has 1 amide bonds. The Morgan fingerprint density at radius 3 is 2.75 bits per heavy atom. The minimum atomic E-state index is 0.129. The Morgan fingerprint density at radius 2 is 1.92 bits per heavy atom. The van der Waals surface area contributed by atoms with Gasteiger partial charge in [-0.15, -0.1) is 0 Å². The van der Waals surface area contributed by atoms with Crippen molar-refractivity contribution in [3.63, 3.8) is 0 Å². The monoisotopic (exact) mass is 325 g/mol. The van der Waals surface area contributed by atoms with E-state index in [4.69, 9.17) is 9.47 Å². The lowest BCUT2D eigenvalue weighted by Crippen LogP contribution is -2.29. The van der Waals surface area contributed by atoms with Gasteiger partial charge >= 0.3 is 0 Å². The summed E-state index contributed by atoms with van der Waals surface area (Å²) in [5, 5.41) is 9.32. The first-order valence-electron chi connectivity index (χ1n) is 8.14. The first kappa shape index (κ1) is 14.9. The summed E-state index contributed by atoms with van der Waals surface area (Å²) < 4.78 is 10.8. The first-order chi connectivity index (χ1) is 11.7. The molecule has 0 saturated carbocycles. The molecule has 0 radical (unpaired) electrons. The van der Waals surface area contributed by atoms with E-state index in [0.717, 1.165) is 36.6 Å². The number of phenols is 1. The molecule has 2 aromatic rings. The van der Waals surface area contributed by atoms with Crippen LogP contribution < -0.4 is 9.47 Å². The first-order valence-corrected chi connectivity index (χ1v) is 8.14. The number of likely N-dealkylation sites (tertiary alicyclic amines) is 1. The number of rotatable bonds is 3. The van der Waals surface area contributed by atoms with E-state index in [-0.39, 0.29) is 18.4 Å². The lowest BCUT2D eigenvalue weighted by Gasteiger charge is -2.17. The summed E-state index contributed by atoms with van der Waals surface area (Å²) in [6.45, 7) is 1.79. The lowest BCUT2D eigenvalue weighted by molar-refractivity contribution is -0.129. The summed E-state index contributed by atoms with van der Waals surface area (Å²) >= 11 is 0. The van der Waals surface area contributed by atoms with Crippen LogP contribution in [0.2, 0.25) is 0 Å². The number of phenolic OH excluding ortho intramolecular Hbond substituents is 1. The number of fused-ring (bicyclic) bond motifs is 1. The average Bonchev–Trinajstić information content (AvgIpc) is 3.25. The van der Waals surface area contributed by atoms with Gasteiger partial charge < -0.3 is 19.5 Å². The highest BCUT2D eigenvalue weighted by molar-refractivity contribution is 5.79. The van der Waals surface area contributed by atoms with E-state index in [2.05, 4.69) is 6.07 Å². The molecular weight excluding hydrogens is 306 g/mol. The molecule has 1 N–H and O–H groups in total. The quantitative estimate of drug-likeness (QED) is 0.942. The van der Waals surface area contributed by atoms with Crippen molar-refractivity contribution >= 4 is 5.91 Å². The maximum atomic E-state index is 12.5. The number of ether oxygens (including phenoxy) is 2. The molecule has 1 fully saturated rings. The van der Waals surface area contributed by atoms with E-state index in [0.29, 0.717) is 12.3 Å². The maximum Gasteiger partial charge on any atom is 0.231 e. The molecule has 0 aromatic heterocycles. The van der Waals surface area contributed by atoms with E-state index in [1.807, 2.05) is 17.0 Å². The third-order valence-corrected chi connectivity index (χ3v) is 4.70. The zero-order valence-electron chi connectivity index (χ0n) is 13.3. The van der Waals surface area contributed by atoms with Crippen molar-refractivity contribution in [3.05, 3.63) is 53.6 Å². The van der Waals surface area contributed by atoms with Gasteiger partial charge in [0.2, 0.25) is 12.7 Å². The van der Waals surface area contributed by atoms with Crippen molar-refractivity contribution in [2.75, 3.05) is 19.9 Å². The fourth-order valence-corrected chi connectivity index (χ4v) is 3.33. The molecule has 2 aliphatic rings.